The first kappa shape index (κ1) is 25.7. The van der Waals surface area contributed by atoms with E-state index in [0.717, 1.165) is 33.5 Å². The molecule has 0 aliphatic rings. The number of benzene rings is 5. The Morgan fingerprint density at radius 1 is 0.526 bits per heavy atom. The molecule has 5 aromatic rings. The summed E-state index contributed by atoms with van der Waals surface area (Å²) < 4.78 is 4.58. The molecule has 5 rings (SSSR count). The van der Waals surface area contributed by atoms with E-state index >= 15 is 0 Å². The van der Waals surface area contributed by atoms with Crippen LogP contribution in [0.15, 0.2) is 156 Å². The minimum Gasteiger partial charge on any atom is -0.380 e. The molecule has 0 saturated carbocycles. The van der Waals surface area contributed by atoms with Crippen molar-refractivity contribution in [1.82, 2.24) is 0 Å². The molecule has 0 unspecified atom stereocenters. The number of aliphatic hydroxyl groups is 1. The zero-order chi connectivity index (χ0) is 26.3. The molecule has 5 aromatic carbocycles. The lowest BCUT2D eigenvalue weighted by Crippen LogP contribution is -2.30. The van der Waals surface area contributed by atoms with Crippen molar-refractivity contribution in [3.63, 3.8) is 0 Å². The van der Waals surface area contributed by atoms with Crippen molar-refractivity contribution >= 4 is 17.7 Å². The number of nitrogens with zero attached hydrogens (tertiary/aromatic N) is 1. The highest BCUT2D eigenvalue weighted by Crippen LogP contribution is 2.49. The zero-order valence-corrected chi connectivity index (χ0v) is 22.3. The lowest BCUT2D eigenvalue weighted by Gasteiger charge is -2.34. The van der Waals surface area contributed by atoms with Gasteiger partial charge in [0.1, 0.15) is 10.3 Å². The fraction of sp³-hybridized carbons (Fsp3) is 0.114. The van der Waals surface area contributed by atoms with Crippen molar-refractivity contribution in [2.45, 2.75) is 23.7 Å². The molecule has 0 aliphatic carbocycles. The minimum atomic E-state index is -1.19. The van der Waals surface area contributed by atoms with Crippen molar-refractivity contribution in [3.05, 3.63) is 179 Å². The maximum atomic E-state index is 12.1. The first-order valence-corrected chi connectivity index (χ1v) is 13.6. The summed E-state index contributed by atoms with van der Waals surface area (Å²) in [7, 11) is 0. The normalized spacial score (nSPS) is 12.3. The van der Waals surface area contributed by atoms with E-state index in [0.29, 0.717) is 6.42 Å². The Kier molecular flexibility index (Phi) is 7.88. The summed E-state index contributed by atoms with van der Waals surface area (Å²) in [5.74, 6) is 0. The fourth-order valence-electron chi connectivity index (χ4n) is 5.02. The topological polar surface area (TPSA) is 32.6 Å². The van der Waals surface area contributed by atoms with E-state index in [2.05, 4.69) is 72.8 Å². The third-order valence-corrected chi connectivity index (χ3v) is 8.28. The van der Waals surface area contributed by atoms with Crippen LogP contribution in [0.2, 0.25) is 0 Å². The van der Waals surface area contributed by atoms with Crippen LogP contribution in [0.1, 0.15) is 41.2 Å². The molecule has 0 fully saturated rings. The largest absolute Gasteiger partial charge is 0.380 e. The van der Waals surface area contributed by atoms with Gasteiger partial charge < -0.3 is 5.11 Å². The molecule has 0 spiro atoms. The zero-order valence-electron chi connectivity index (χ0n) is 21.4. The second kappa shape index (κ2) is 11.6. The van der Waals surface area contributed by atoms with Gasteiger partial charge in [0.15, 0.2) is 0 Å². The van der Waals surface area contributed by atoms with E-state index in [1.165, 1.54) is 0 Å². The molecule has 0 atom stereocenters. The second-order valence-electron chi connectivity index (χ2n) is 9.47. The number of rotatable bonds is 9. The molecular formula is C35H31NOS. The van der Waals surface area contributed by atoms with Gasteiger partial charge in [0, 0.05) is 12.1 Å². The molecule has 0 aromatic heterocycles. The van der Waals surface area contributed by atoms with Crippen molar-refractivity contribution in [3.8, 4) is 0 Å². The van der Waals surface area contributed by atoms with Crippen LogP contribution in [0.4, 0.5) is 0 Å². The Balaban J connectivity index is 1.60. The Morgan fingerprint density at radius 2 is 0.816 bits per heavy atom. The third kappa shape index (κ3) is 5.22. The SMILES string of the molecule is C/C(CC(O)(c1ccccc1)c1ccccc1)=N\SC(c1ccccc1)(c1ccccc1)c1ccccc1. The van der Waals surface area contributed by atoms with Crippen molar-refractivity contribution in [2.24, 2.45) is 4.40 Å². The Bertz CT molecular complexity index is 1320. The summed E-state index contributed by atoms with van der Waals surface area (Å²) in [6, 6.07) is 51.4. The van der Waals surface area contributed by atoms with E-state index in [9.17, 15) is 5.11 Å². The molecule has 0 radical (unpaired) electrons. The second-order valence-corrected chi connectivity index (χ2v) is 10.4. The molecule has 3 heteroatoms. The van der Waals surface area contributed by atoms with Crippen LogP contribution in [-0.2, 0) is 10.3 Å². The van der Waals surface area contributed by atoms with Gasteiger partial charge >= 0.3 is 0 Å². The Labute approximate surface area is 229 Å². The fourth-order valence-corrected chi connectivity index (χ4v) is 6.11. The first-order chi connectivity index (χ1) is 18.6. The number of hydrogen-bond acceptors (Lipinski definition) is 3. The standard InChI is InChI=1S/C35H31NOS/c1-28(27-34(37,29-17-7-2-8-18-29)30-19-9-3-10-20-30)36-38-35(31-21-11-4-12-22-31,32-23-13-5-14-24-32)33-25-15-6-16-26-33/h2-26,37H,27H2,1H3/b36-28+. The van der Waals surface area contributed by atoms with Crippen LogP contribution in [0, 0.1) is 0 Å². The van der Waals surface area contributed by atoms with Gasteiger partial charge in [-0.05, 0) is 46.7 Å². The molecule has 0 bridgehead atoms. The van der Waals surface area contributed by atoms with Gasteiger partial charge in [-0.1, -0.05) is 152 Å². The smallest absolute Gasteiger partial charge is 0.120 e. The minimum absolute atomic E-state index is 0.377. The van der Waals surface area contributed by atoms with Gasteiger partial charge in [0.25, 0.3) is 0 Å². The van der Waals surface area contributed by atoms with Crippen LogP contribution in [-0.4, -0.2) is 10.8 Å². The first-order valence-electron chi connectivity index (χ1n) is 12.8. The van der Waals surface area contributed by atoms with Crippen LogP contribution >= 0.6 is 11.9 Å². The Hall–Kier alpha value is -3.92. The highest BCUT2D eigenvalue weighted by Gasteiger charge is 2.38. The van der Waals surface area contributed by atoms with Crippen molar-refractivity contribution in [1.29, 1.82) is 0 Å². The molecule has 188 valence electrons. The lowest BCUT2D eigenvalue weighted by molar-refractivity contribution is 0.0889. The third-order valence-electron chi connectivity index (χ3n) is 6.89. The molecule has 38 heavy (non-hydrogen) atoms. The summed E-state index contributed by atoms with van der Waals surface area (Å²) in [5, 5.41) is 12.1. The van der Waals surface area contributed by atoms with Gasteiger partial charge in [-0.15, -0.1) is 0 Å². The van der Waals surface area contributed by atoms with E-state index < -0.39 is 10.3 Å². The predicted molar refractivity (Wildman–Crippen MR) is 160 cm³/mol. The van der Waals surface area contributed by atoms with Gasteiger partial charge in [0.2, 0.25) is 0 Å². The maximum Gasteiger partial charge on any atom is 0.120 e. The Morgan fingerprint density at radius 3 is 1.13 bits per heavy atom. The van der Waals surface area contributed by atoms with Crippen molar-refractivity contribution in [2.75, 3.05) is 0 Å². The summed E-state index contributed by atoms with van der Waals surface area (Å²) in [4.78, 5) is 0. The molecular weight excluding hydrogens is 482 g/mol. The summed E-state index contributed by atoms with van der Waals surface area (Å²) in [6.07, 6.45) is 0.377. The van der Waals surface area contributed by atoms with Gasteiger partial charge in [0.05, 0.1) is 0 Å². The number of hydrogen-bond donors (Lipinski definition) is 1. The molecule has 1 N–H and O–H groups in total. The highest BCUT2D eigenvalue weighted by molar-refractivity contribution is 7.99. The lowest BCUT2D eigenvalue weighted by atomic mass is 9.82. The average molecular weight is 514 g/mol. The van der Waals surface area contributed by atoms with Gasteiger partial charge in [-0.25, -0.2) is 4.40 Å². The molecule has 2 nitrogen and oxygen atoms in total. The van der Waals surface area contributed by atoms with E-state index in [1.54, 1.807) is 11.9 Å². The average Bonchev–Trinajstić information content (AvgIpc) is 3.00. The van der Waals surface area contributed by atoms with Gasteiger partial charge in [-0.2, -0.15) is 0 Å². The highest BCUT2D eigenvalue weighted by atomic mass is 32.2. The maximum absolute atomic E-state index is 12.1. The van der Waals surface area contributed by atoms with Crippen LogP contribution in [0.3, 0.4) is 0 Å². The molecule has 0 aliphatic heterocycles. The van der Waals surface area contributed by atoms with Crippen LogP contribution < -0.4 is 0 Å². The van der Waals surface area contributed by atoms with Crippen molar-refractivity contribution < 1.29 is 5.11 Å². The molecule has 0 heterocycles. The van der Waals surface area contributed by atoms with Gasteiger partial charge in [-0.3, -0.25) is 0 Å². The predicted octanol–water partition coefficient (Wildman–Crippen LogP) is 8.41. The van der Waals surface area contributed by atoms with E-state index in [1.807, 2.05) is 85.8 Å². The van der Waals surface area contributed by atoms with E-state index in [-0.39, 0.29) is 0 Å². The monoisotopic (exact) mass is 513 g/mol. The van der Waals surface area contributed by atoms with Crippen LogP contribution in [0.25, 0.3) is 0 Å². The summed E-state index contributed by atoms with van der Waals surface area (Å²) >= 11 is 1.54. The summed E-state index contributed by atoms with van der Waals surface area (Å²) in [5.41, 5.74) is 4.83. The van der Waals surface area contributed by atoms with E-state index in [4.69, 9.17) is 4.40 Å². The quantitative estimate of drug-likeness (QED) is 0.122. The molecule has 0 saturated heterocycles. The molecule has 0 amide bonds. The summed E-state index contributed by atoms with van der Waals surface area (Å²) in [6.45, 7) is 2.01. The van der Waals surface area contributed by atoms with Crippen LogP contribution in [0.5, 0.6) is 0 Å².